The Balaban J connectivity index is 2.23. The van der Waals surface area contributed by atoms with Crippen LogP contribution in [0.4, 0.5) is 11.6 Å². The summed E-state index contributed by atoms with van der Waals surface area (Å²) in [6.07, 6.45) is 2.03. The van der Waals surface area contributed by atoms with E-state index in [2.05, 4.69) is 49.0 Å². The highest BCUT2D eigenvalue weighted by atomic mass is 15.2. The van der Waals surface area contributed by atoms with Crippen molar-refractivity contribution in [3.63, 3.8) is 0 Å². The summed E-state index contributed by atoms with van der Waals surface area (Å²) < 4.78 is 0. The molecule has 0 aromatic carbocycles. The fourth-order valence-electron chi connectivity index (χ4n) is 2.57. The zero-order chi connectivity index (χ0) is 13.8. The topological polar surface area (TPSA) is 41.1 Å². The largest absolute Gasteiger partial charge is 0.370 e. The first-order chi connectivity index (χ1) is 9.13. The lowest BCUT2D eigenvalue weighted by atomic mass is 10.0. The molecule has 4 heteroatoms. The third-order valence-corrected chi connectivity index (χ3v) is 3.90. The second kappa shape index (κ2) is 6.22. The van der Waals surface area contributed by atoms with E-state index < -0.39 is 0 Å². The lowest BCUT2D eigenvalue weighted by Gasteiger charge is -2.19. The molecule has 4 nitrogen and oxygen atoms in total. The molecule has 0 spiro atoms. The molecular weight excluding hydrogens is 236 g/mol. The van der Waals surface area contributed by atoms with Crippen molar-refractivity contribution in [2.24, 2.45) is 11.8 Å². The van der Waals surface area contributed by atoms with Crippen LogP contribution in [-0.4, -0.2) is 29.6 Å². The van der Waals surface area contributed by atoms with E-state index in [9.17, 15) is 0 Å². The molecule has 106 valence electrons. The van der Waals surface area contributed by atoms with E-state index in [1.807, 2.05) is 0 Å². The molecule has 1 aliphatic heterocycles. The zero-order valence-electron chi connectivity index (χ0n) is 12.6. The number of aryl methyl sites for hydroxylation is 1. The molecule has 1 aromatic rings. The Hall–Kier alpha value is -1.32. The molecule has 1 N–H and O–H groups in total. The number of nitrogens with zero attached hydrogens (tertiary/aromatic N) is 3. The average Bonchev–Trinajstić information content (AvgIpc) is 2.70. The van der Waals surface area contributed by atoms with Gasteiger partial charge in [-0.1, -0.05) is 20.8 Å². The molecule has 2 heterocycles. The second-order valence-electron chi connectivity index (χ2n) is 5.67. The molecule has 1 aliphatic rings. The van der Waals surface area contributed by atoms with Gasteiger partial charge in [0.25, 0.3) is 0 Å². The zero-order valence-corrected chi connectivity index (χ0v) is 12.6. The Kier molecular flexibility index (Phi) is 4.61. The van der Waals surface area contributed by atoms with E-state index in [-0.39, 0.29) is 0 Å². The monoisotopic (exact) mass is 262 g/mol. The van der Waals surface area contributed by atoms with Crippen LogP contribution >= 0.6 is 0 Å². The number of nitrogens with one attached hydrogen (secondary N) is 1. The molecule has 2 rings (SSSR count). The Morgan fingerprint density at radius 1 is 1.21 bits per heavy atom. The Bertz CT molecular complexity index is 384. The first-order valence-electron chi connectivity index (χ1n) is 7.50. The highest BCUT2D eigenvalue weighted by Gasteiger charge is 2.27. The summed E-state index contributed by atoms with van der Waals surface area (Å²) in [7, 11) is 0. The summed E-state index contributed by atoms with van der Waals surface area (Å²) in [5, 5.41) is 3.31. The van der Waals surface area contributed by atoms with E-state index in [4.69, 9.17) is 4.98 Å². The Labute approximate surface area is 116 Å². The molecule has 1 aromatic heterocycles. The quantitative estimate of drug-likeness (QED) is 0.886. The number of hydrogen-bond acceptors (Lipinski definition) is 4. The first-order valence-corrected chi connectivity index (χ1v) is 7.50. The van der Waals surface area contributed by atoms with Gasteiger partial charge in [-0.2, -0.15) is 0 Å². The fraction of sp³-hybridized carbons (Fsp3) is 0.733. The lowest BCUT2D eigenvalue weighted by Crippen LogP contribution is -2.22. The SMILES string of the molecule is CCCc1nc(NCC)cc(N2CC(C)C(C)C2)n1. The van der Waals surface area contributed by atoms with Gasteiger partial charge in [-0.15, -0.1) is 0 Å². The lowest BCUT2D eigenvalue weighted by molar-refractivity contribution is 0.494. The van der Waals surface area contributed by atoms with E-state index in [0.29, 0.717) is 0 Å². The van der Waals surface area contributed by atoms with Crippen LogP contribution in [0.5, 0.6) is 0 Å². The molecule has 1 fully saturated rings. The highest BCUT2D eigenvalue weighted by molar-refractivity contribution is 5.50. The van der Waals surface area contributed by atoms with Crippen molar-refractivity contribution >= 4 is 11.6 Å². The summed E-state index contributed by atoms with van der Waals surface area (Å²) in [5.74, 6) is 4.50. The van der Waals surface area contributed by atoms with E-state index in [0.717, 1.165) is 61.8 Å². The second-order valence-corrected chi connectivity index (χ2v) is 5.67. The van der Waals surface area contributed by atoms with Gasteiger partial charge in [0.1, 0.15) is 17.5 Å². The number of aromatic nitrogens is 2. The van der Waals surface area contributed by atoms with Crippen LogP contribution in [0.25, 0.3) is 0 Å². The summed E-state index contributed by atoms with van der Waals surface area (Å²) in [6, 6.07) is 2.09. The smallest absolute Gasteiger partial charge is 0.134 e. The normalized spacial score (nSPS) is 22.8. The molecular formula is C15H26N4. The fourth-order valence-corrected chi connectivity index (χ4v) is 2.57. The van der Waals surface area contributed by atoms with Crippen molar-refractivity contribution in [3.05, 3.63) is 11.9 Å². The van der Waals surface area contributed by atoms with Crippen LogP contribution in [-0.2, 0) is 6.42 Å². The van der Waals surface area contributed by atoms with E-state index in [1.165, 1.54) is 0 Å². The van der Waals surface area contributed by atoms with E-state index >= 15 is 0 Å². The standard InChI is InChI=1S/C15H26N4/c1-5-7-13-17-14(16-6-2)8-15(18-13)19-9-11(3)12(4)10-19/h8,11-12H,5-7,9-10H2,1-4H3,(H,16,17,18). The maximum atomic E-state index is 4.73. The maximum absolute atomic E-state index is 4.73. The minimum absolute atomic E-state index is 0.743. The van der Waals surface area contributed by atoms with Crippen LogP contribution < -0.4 is 10.2 Å². The van der Waals surface area contributed by atoms with Crippen LogP contribution in [0.3, 0.4) is 0 Å². The molecule has 2 unspecified atom stereocenters. The predicted molar refractivity (Wildman–Crippen MR) is 80.7 cm³/mol. The third kappa shape index (κ3) is 3.37. The summed E-state index contributed by atoms with van der Waals surface area (Å²) >= 11 is 0. The number of rotatable bonds is 5. The van der Waals surface area contributed by atoms with Crippen molar-refractivity contribution in [2.45, 2.75) is 40.5 Å². The number of anilines is 2. The van der Waals surface area contributed by atoms with Gasteiger partial charge < -0.3 is 10.2 Å². The van der Waals surface area contributed by atoms with Gasteiger partial charge in [-0.3, -0.25) is 0 Å². The Morgan fingerprint density at radius 2 is 1.89 bits per heavy atom. The van der Waals surface area contributed by atoms with Gasteiger partial charge in [0.2, 0.25) is 0 Å². The van der Waals surface area contributed by atoms with Gasteiger partial charge in [-0.05, 0) is 25.2 Å². The van der Waals surface area contributed by atoms with Crippen molar-refractivity contribution in [2.75, 3.05) is 29.9 Å². The van der Waals surface area contributed by atoms with Crippen molar-refractivity contribution in [1.29, 1.82) is 0 Å². The molecule has 2 atom stereocenters. The maximum Gasteiger partial charge on any atom is 0.134 e. The minimum atomic E-state index is 0.743. The van der Waals surface area contributed by atoms with Crippen molar-refractivity contribution < 1.29 is 0 Å². The van der Waals surface area contributed by atoms with Crippen molar-refractivity contribution in [1.82, 2.24) is 9.97 Å². The van der Waals surface area contributed by atoms with Gasteiger partial charge >= 0.3 is 0 Å². The molecule has 19 heavy (non-hydrogen) atoms. The highest BCUT2D eigenvalue weighted by Crippen LogP contribution is 2.27. The molecule has 0 aliphatic carbocycles. The molecule has 0 bridgehead atoms. The molecule has 0 radical (unpaired) electrons. The Morgan fingerprint density at radius 3 is 2.47 bits per heavy atom. The van der Waals surface area contributed by atoms with Gasteiger partial charge in [0, 0.05) is 32.1 Å². The third-order valence-electron chi connectivity index (χ3n) is 3.90. The van der Waals surface area contributed by atoms with Gasteiger partial charge in [0.05, 0.1) is 0 Å². The number of hydrogen-bond donors (Lipinski definition) is 1. The van der Waals surface area contributed by atoms with Crippen LogP contribution in [0.1, 0.15) is 39.9 Å². The van der Waals surface area contributed by atoms with Crippen LogP contribution in [0.2, 0.25) is 0 Å². The predicted octanol–water partition coefficient (Wildman–Crippen LogP) is 2.95. The first kappa shape index (κ1) is 14.1. The van der Waals surface area contributed by atoms with Crippen LogP contribution in [0.15, 0.2) is 6.07 Å². The minimum Gasteiger partial charge on any atom is -0.370 e. The molecule has 0 saturated carbocycles. The van der Waals surface area contributed by atoms with Gasteiger partial charge in [-0.25, -0.2) is 9.97 Å². The summed E-state index contributed by atoms with van der Waals surface area (Å²) in [5.41, 5.74) is 0. The van der Waals surface area contributed by atoms with Crippen LogP contribution in [0, 0.1) is 11.8 Å². The summed E-state index contributed by atoms with van der Waals surface area (Å²) in [6.45, 7) is 12.0. The molecule has 0 amide bonds. The van der Waals surface area contributed by atoms with Gasteiger partial charge in [0.15, 0.2) is 0 Å². The average molecular weight is 262 g/mol. The molecule has 1 saturated heterocycles. The summed E-state index contributed by atoms with van der Waals surface area (Å²) in [4.78, 5) is 11.7. The van der Waals surface area contributed by atoms with E-state index in [1.54, 1.807) is 0 Å². The van der Waals surface area contributed by atoms with Crippen molar-refractivity contribution in [3.8, 4) is 0 Å².